The van der Waals surface area contributed by atoms with Crippen LogP contribution < -0.4 is 4.31 Å². The van der Waals surface area contributed by atoms with E-state index in [1.165, 1.54) is 11.3 Å². The van der Waals surface area contributed by atoms with Crippen molar-refractivity contribution in [1.82, 2.24) is 4.98 Å². The number of benzene rings is 1. The molecule has 0 aliphatic heterocycles. The Bertz CT molecular complexity index is 672. The van der Waals surface area contributed by atoms with Gasteiger partial charge < -0.3 is 0 Å². The van der Waals surface area contributed by atoms with Gasteiger partial charge in [0.1, 0.15) is 0 Å². The Morgan fingerprint density at radius 3 is 2.55 bits per heavy atom. The highest BCUT2D eigenvalue weighted by Gasteiger charge is 2.32. The summed E-state index contributed by atoms with van der Waals surface area (Å²) in [7, 11) is -4.28. The van der Waals surface area contributed by atoms with Crippen molar-refractivity contribution < 1.29 is 13.0 Å². The molecule has 0 saturated heterocycles. The van der Waals surface area contributed by atoms with Gasteiger partial charge in [-0.3, -0.25) is 4.55 Å². The number of para-hydroxylation sites is 1. The minimum atomic E-state index is -4.28. The van der Waals surface area contributed by atoms with Gasteiger partial charge in [0.2, 0.25) is 5.13 Å². The van der Waals surface area contributed by atoms with Crippen LogP contribution in [0.5, 0.6) is 0 Å². The van der Waals surface area contributed by atoms with Crippen molar-refractivity contribution in [2.45, 2.75) is 38.1 Å². The quantitative estimate of drug-likeness (QED) is 0.883. The molecule has 0 spiro atoms. The second-order valence-electron chi connectivity index (χ2n) is 5.03. The number of hydrogen-bond acceptors (Lipinski definition) is 4. The fraction of sp³-hybridized carbons (Fsp3) is 0.462. The number of rotatable bonds is 3. The van der Waals surface area contributed by atoms with Crippen LogP contribution in [0.25, 0.3) is 10.2 Å². The Labute approximate surface area is 122 Å². The van der Waals surface area contributed by atoms with Crippen molar-refractivity contribution in [1.29, 1.82) is 0 Å². The highest BCUT2D eigenvalue weighted by Crippen LogP contribution is 2.34. The van der Waals surface area contributed by atoms with Crippen LogP contribution in [0.1, 0.15) is 32.1 Å². The Morgan fingerprint density at radius 1 is 1.20 bits per heavy atom. The molecule has 108 valence electrons. The van der Waals surface area contributed by atoms with Gasteiger partial charge in [0.25, 0.3) is 0 Å². The first-order valence-electron chi connectivity index (χ1n) is 6.68. The summed E-state index contributed by atoms with van der Waals surface area (Å²) in [5.74, 6) is 0. The summed E-state index contributed by atoms with van der Waals surface area (Å²) < 4.78 is 35.1. The summed E-state index contributed by atoms with van der Waals surface area (Å²) in [6, 6.07) is 7.32. The largest absolute Gasteiger partial charge is 0.362 e. The second-order valence-corrected chi connectivity index (χ2v) is 7.33. The van der Waals surface area contributed by atoms with Crippen LogP contribution in [-0.2, 0) is 10.3 Å². The highest BCUT2D eigenvalue weighted by atomic mass is 32.2. The van der Waals surface area contributed by atoms with Gasteiger partial charge in [0.15, 0.2) is 0 Å². The number of nitrogens with zero attached hydrogens (tertiary/aromatic N) is 2. The maximum Gasteiger partial charge on any atom is 0.362 e. The predicted molar refractivity (Wildman–Crippen MR) is 80.5 cm³/mol. The number of aromatic nitrogens is 1. The van der Waals surface area contributed by atoms with Crippen LogP contribution in [0.15, 0.2) is 24.3 Å². The molecule has 1 aliphatic carbocycles. The molecular formula is C13H16N2O3S2. The van der Waals surface area contributed by atoms with E-state index in [0.717, 1.165) is 46.6 Å². The molecule has 1 heterocycles. The minimum Gasteiger partial charge on any atom is -0.269 e. The lowest BCUT2D eigenvalue weighted by molar-refractivity contribution is 0.416. The number of anilines is 1. The summed E-state index contributed by atoms with van der Waals surface area (Å²) in [6.45, 7) is 0. The van der Waals surface area contributed by atoms with Crippen LogP contribution in [0.4, 0.5) is 5.13 Å². The maximum atomic E-state index is 11.8. The minimum absolute atomic E-state index is 0.181. The summed E-state index contributed by atoms with van der Waals surface area (Å²) in [5.41, 5.74) is 0.761. The first kappa shape index (κ1) is 13.8. The molecule has 20 heavy (non-hydrogen) atoms. The van der Waals surface area contributed by atoms with E-state index in [4.69, 9.17) is 0 Å². The predicted octanol–water partition coefficient (Wildman–Crippen LogP) is 3.24. The average Bonchev–Trinajstić information content (AvgIpc) is 2.81. The molecule has 7 heteroatoms. The lowest BCUT2D eigenvalue weighted by Crippen LogP contribution is -2.41. The zero-order chi connectivity index (χ0) is 14.2. The first-order chi connectivity index (χ1) is 9.55. The summed E-state index contributed by atoms with van der Waals surface area (Å²) in [4.78, 5) is 4.36. The number of hydrogen-bond donors (Lipinski definition) is 1. The fourth-order valence-electron chi connectivity index (χ4n) is 2.71. The Kier molecular flexibility index (Phi) is 3.66. The van der Waals surface area contributed by atoms with Gasteiger partial charge in [0.05, 0.1) is 10.2 Å². The van der Waals surface area contributed by atoms with E-state index in [1.54, 1.807) is 0 Å². The van der Waals surface area contributed by atoms with Crippen LogP contribution in [0.3, 0.4) is 0 Å². The maximum absolute atomic E-state index is 11.8. The van der Waals surface area contributed by atoms with E-state index in [1.807, 2.05) is 24.3 Å². The van der Waals surface area contributed by atoms with Crippen LogP contribution in [0.2, 0.25) is 0 Å². The molecule has 1 aromatic carbocycles. The van der Waals surface area contributed by atoms with Gasteiger partial charge >= 0.3 is 10.3 Å². The molecule has 0 atom stereocenters. The topological polar surface area (TPSA) is 70.5 Å². The molecule has 0 unspecified atom stereocenters. The van der Waals surface area contributed by atoms with Gasteiger partial charge in [-0.05, 0) is 25.0 Å². The molecule has 1 aliphatic rings. The lowest BCUT2D eigenvalue weighted by Gasteiger charge is -2.30. The second kappa shape index (κ2) is 5.31. The third-order valence-electron chi connectivity index (χ3n) is 3.63. The van der Waals surface area contributed by atoms with E-state index >= 15 is 0 Å². The SMILES string of the molecule is O=S(=O)(O)N(c1nc2ccccc2s1)C1CCCCC1. The first-order valence-corrected chi connectivity index (χ1v) is 8.89. The van der Waals surface area contributed by atoms with Crippen molar-refractivity contribution in [2.75, 3.05) is 4.31 Å². The summed E-state index contributed by atoms with van der Waals surface area (Å²) in [5, 5.41) is 0.362. The summed E-state index contributed by atoms with van der Waals surface area (Å²) in [6.07, 6.45) is 4.64. The van der Waals surface area contributed by atoms with Crippen molar-refractivity contribution in [2.24, 2.45) is 0 Å². The van der Waals surface area contributed by atoms with Gasteiger partial charge in [-0.15, -0.1) is 0 Å². The fourth-order valence-corrected chi connectivity index (χ4v) is 4.88. The van der Waals surface area contributed by atoms with Gasteiger partial charge in [-0.2, -0.15) is 8.42 Å². The molecule has 2 aromatic rings. The molecule has 3 rings (SSSR count). The van der Waals surface area contributed by atoms with E-state index in [0.29, 0.717) is 5.13 Å². The average molecular weight is 312 g/mol. The van der Waals surface area contributed by atoms with E-state index < -0.39 is 10.3 Å². The van der Waals surface area contributed by atoms with Crippen LogP contribution >= 0.6 is 11.3 Å². The summed E-state index contributed by atoms with van der Waals surface area (Å²) >= 11 is 1.30. The normalized spacial score (nSPS) is 17.4. The zero-order valence-corrected chi connectivity index (χ0v) is 12.5. The number of thiazole rings is 1. The number of fused-ring (bicyclic) bond motifs is 1. The van der Waals surface area contributed by atoms with Gasteiger partial charge in [-0.25, -0.2) is 9.29 Å². The molecule has 1 saturated carbocycles. The Hall–Kier alpha value is -1.18. The van der Waals surface area contributed by atoms with Crippen molar-refractivity contribution in [3.05, 3.63) is 24.3 Å². The molecule has 1 fully saturated rings. The smallest absolute Gasteiger partial charge is 0.269 e. The molecule has 0 amide bonds. The Balaban J connectivity index is 2.04. The zero-order valence-electron chi connectivity index (χ0n) is 10.9. The van der Waals surface area contributed by atoms with Gasteiger partial charge in [0, 0.05) is 6.04 Å². The van der Waals surface area contributed by atoms with E-state index in [-0.39, 0.29) is 6.04 Å². The molecular weight excluding hydrogens is 296 g/mol. The van der Waals surface area contributed by atoms with Crippen LogP contribution in [0, 0.1) is 0 Å². The molecule has 1 aromatic heterocycles. The van der Waals surface area contributed by atoms with E-state index in [2.05, 4.69) is 4.98 Å². The third-order valence-corrected chi connectivity index (χ3v) is 5.75. The molecule has 1 N–H and O–H groups in total. The highest BCUT2D eigenvalue weighted by molar-refractivity contribution is 7.87. The van der Waals surface area contributed by atoms with Gasteiger partial charge in [-0.1, -0.05) is 42.7 Å². The molecule has 0 radical (unpaired) electrons. The monoisotopic (exact) mass is 312 g/mol. The van der Waals surface area contributed by atoms with Crippen LogP contribution in [-0.4, -0.2) is 24.0 Å². The lowest BCUT2D eigenvalue weighted by atomic mass is 9.96. The third kappa shape index (κ3) is 2.65. The van der Waals surface area contributed by atoms with Crippen molar-refractivity contribution >= 4 is 37.0 Å². The van der Waals surface area contributed by atoms with E-state index in [9.17, 15) is 13.0 Å². The molecule has 5 nitrogen and oxygen atoms in total. The van der Waals surface area contributed by atoms with Crippen molar-refractivity contribution in [3.63, 3.8) is 0 Å². The molecule has 0 bridgehead atoms. The Morgan fingerprint density at radius 2 is 1.90 bits per heavy atom. The van der Waals surface area contributed by atoms with Crippen molar-refractivity contribution in [3.8, 4) is 0 Å². The standard InChI is InChI=1S/C13H16N2O3S2/c16-20(17,18)15(10-6-2-1-3-7-10)13-14-11-8-4-5-9-12(11)19-13/h4-5,8-10H,1-3,6-7H2,(H,16,17,18).